The number of aryl methyl sites for hydroxylation is 3. The Morgan fingerprint density at radius 2 is 2.21 bits per heavy atom. The van der Waals surface area contributed by atoms with Crippen molar-refractivity contribution in [3.63, 3.8) is 0 Å². The fourth-order valence-electron chi connectivity index (χ4n) is 2.85. The summed E-state index contributed by atoms with van der Waals surface area (Å²) in [4.78, 5) is 26.3. The van der Waals surface area contributed by atoms with Gasteiger partial charge in [-0.15, -0.1) is 0 Å². The van der Waals surface area contributed by atoms with Gasteiger partial charge < -0.3 is 15.0 Å². The van der Waals surface area contributed by atoms with Crippen LogP contribution in [-0.2, 0) is 13.6 Å². The highest BCUT2D eigenvalue weighted by Crippen LogP contribution is 2.23. The second-order valence-corrected chi connectivity index (χ2v) is 5.71. The molecule has 1 amide bonds. The molecule has 0 aromatic carbocycles. The summed E-state index contributed by atoms with van der Waals surface area (Å²) >= 11 is 0. The van der Waals surface area contributed by atoms with Crippen LogP contribution in [0.5, 0.6) is 0 Å². The summed E-state index contributed by atoms with van der Waals surface area (Å²) in [5.74, 6) is 0.494. The van der Waals surface area contributed by atoms with Crippen molar-refractivity contribution in [3.8, 4) is 0 Å². The van der Waals surface area contributed by atoms with Gasteiger partial charge in [0, 0.05) is 31.7 Å². The molecule has 3 rings (SSSR count). The lowest BCUT2D eigenvalue weighted by Gasteiger charge is -2.21. The predicted octanol–water partition coefficient (Wildman–Crippen LogP) is 0.943. The number of aliphatic hydroxyl groups excluding tert-OH is 1. The van der Waals surface area contributed by atoms with Crippen LogP contribution in [0, 0.1) is 13.8 Å². The first-order valence-corrected chi connectivity index (χ1v) is 7.70. The molecule has 0 unspecified atom stereocenters. The zero-order valence-electron chi connectivity index (χ0n) is 13.9. The Kier molecular flexibility index (Phi) is 4.30. The lowest BCUT2D eigenvalue weighted by Crippen LogP contribution is -2.33. The number of nitrogens with zero attached hydrogens (tertiary/aromatic N) is 5. The minimum atomic E-state index is -0.174. The quantitative estimate of drug-likeness (QED) is 0.726. The number of carbonyl (C=O) groups excluding carboxylic acids is 1. The number of imidazole rings is 1. The third-order valence-corrected chi connectivity index (χ3v) is 3.88. The number of nitrogens with one attached hydrogen (secondary N) is 1. The van der Waals surface area contributed by atoms with Gasteiger partial charge in [0.25, 0.3) is 5.91 Å². The molecule has 126 valence electrons. The van der Waals surface area contributed by atoms with Crippen molar-refractivity contribution in [1.29, 1.82) is 0 Å². The maximum atomic E-state index is 13.1. The Bertz CT molecular complexity index is 868. The summed E-state index contributed by atoms with van der Waals surface area (Å²) in [5, 5.41) is 14.5. The fourth-order valence-corrected chi connectivity index (χ4v) is 2.85. The molecule has 3 heterocycles. The van der Waals surface area contributed by atoms with Crippen LogP contribution < -0.4 is 0 Å². The summed E-state index contributed by atoms with van der Waals surface area (Å²) in [7, 11) is 1.81. The molecule has 0 atom stereocenters. The van der Waals surface area contributed by atoms with Gasteiger partial charge in [0.1, 0.15) is 5.82 Å². The molecule has 0 saturated heterocycles. The van der Waals surface area contributed by atoms with Crippen molar-refractivity contribution in [2.24, 2.45) is 7.05 Å². The fraction of sp³-hybridized carbons (Fsp3) is 0.375. The first kappa shape index (κ1) is 16.1. The van der Waals surface area contributed by atoms with Crippen molar-refractivity contribution in [2.75, 3.05) is 13.2 Å². The molecule has 8 heteroatoms. The van der Waals surface area contributed by atoms with E-state index in [0.29, 0.717) is 23.6 Å². The van der Waals surface area contributed by atoms with Gasteiger partial charge in [-0.25, -0.2) is 9.97 Å². The summed E-state index contributed by atoms with van der Waals surface area (Å²) in [5.41, 5.74) is 2.72. The molecule has 0 saturated carbocycles. The number of H-pyrrole nitrogens is 1. The first-order chi connectivity index (χ1) is 11.5. The maximum absolute atomic E-state index is 13.1. The topological polar surface area (TPSA) is 99.9 Å². The highest BCUT2D eigenvalue weighted by molar-refractivity contribution is 6.06. The number of hydrogen-bond donors (Lipinski definition) is 2. The van der Waals surface area contributed by atoms with Crippen LogP contribution in [0.15, 0.2) is 18.5 Å². The van der Waals surface area contributed by atoms with Crippen molar-refractivity contribution < 1.29 is 9.90 Å². The highest BCUT2D eigenvalue weighted by Gasteiger charge is 2.22. The van der Waals surface area contributed by atoms with Gasteiger partial charge in [0.05, 0.1) is 29.8 Å². The highest BCUT2D eigenvalue weighted by atomic mass is 16.3. The number of aromatic amines is 1. The minimum absolute atomic E-state index is 0.119. The van der Waals surface area contributed by atoms with Crippen molar-refractivity contribution in [1.82, 2.24) is 29.6 Å². The summed E-state index contributed by atoms with van der Waals surface area (Å²) in [6.07, 6.45) is 3.34. The molecule has 0 fully saturated rings. The number of carbonyl (C=O) groups is 1. The van der Waals surface area contributed by atoms with E-state index >= 15 is 0 Å². The molecule has 24 heavy (non-hydrogen) atoms. The Balaban J connectivity index is 2.05. The minimum Gasteiger partial charge on any atom is -0.395 e. The second kappa shape index (κ2) is 6.40. The first-order valence-electron chi connectivity index (χ1n) is 7.70. The monoisotopic (exact) mass is 328 g/mol. The van der Waals surface area contributed by atoms with Gasteiger partial charge in [-0.1, -0.05) is 0 Å². The summed E-state index contributed by atoms with van der Waals surface area (Å²) in [6.45, 7) is 4.11. The number of fused-ring (bicyclic) bond motifs is 1. The van der Waals surface area contributed by atoms with Gasteiger partial charge in [0.2, 0.25) is 0 Å². The number of pyridine rings is 1. The van der Waals surface area contributed by atoms with E-state index in [1.807, 2.05) is 20.9 Å². The molecule has 2 N–H and O–H groups in total. The molecule has 3 aromatic rings. The van der Waals surface area contributed by atoms with Crippen molar-refractivity contribution in [3.05, 3.63) is 41.2 Å². The van der Waals surface area contributed by atoms with Crippen LogP contribution in [-0.4, -0.2) is 53.8 Å². The lowest BCUT2D eigenvalue weighted by molar-refractivity contribution is 0.0705. The average Bonchev–Trinajstić information content (AvgIpc) is 3.14. The van der Waals surface area contributed by atoms with Crippen LogP contribution in [0.25, 0.3) is 11.0 Å². The molecule has 0 aliphatic carbocycles. The van der Waals surface area contributed by atoms with Gasteiger partial charge >= 0.3 is 0 Å². The lowest BCUT2D eigenvalue weighted by atomic mass is 10.1. The molecule has 0 spiro atoms. The Morgan fingerprint density at radius 3 is 2.88 bits per heavy atom. The van der Waals surface area contributed by atoms with Gasteiger partial charge in [0.15, 0.2) is 5.65 Å². The Labute approximate surface area is 139 Å². The van der Waals surface area contributed by atoms with E-state index in [-0.39, 0.29) is 19.1 Å². The molecule has 8 nitrogen and oxygen atoms in total. The number of aliphatic hydroxyl groups is 1. The number of rotatable bonds is 5. The average molecular weight is 328 g/mol. The Hall–Kier alpha value is -2.74. The van der Waals surface area contributed by atoms with Gasteiger partial charge in [-0.3, -0.25) is 9.48 Å². The standard InChI is InChI=1S/C16H20N6O2/c1-10-8-12(14-11(2)20-21(3)15(14)19-10)16(24)22(6-7-23)9-13-17-4-5-18-13/h4-5,8,23H,6-7,9H2,1-3H3,(H,17,18). The van der Waals surface area contributed by atoms with E-state index in [4.69, 9.17) is 0 Å². The summed E-state index contributed by atoms with van der Waals surface area (Å²) < 4.78 is 1.68. The largest absolute Gasteiger partial charge is 0.395 e. The maximum Gasteiger partial charge on any atom is 0.255 e. The molecular weight excluding hydrogens is 308 g/mol. The van der Waals surface area contributed by atoms with E-state index < -0.39 is 0 Å². The van der Waals surface area contributed by atoms with Crippen LogP contribution in [0.1, 0.15) is 27.6 Å². The van der Waals surface area contributed by atoms with Crippen molar-refractivity contribution in [2.45, 2.75) is 20.4 Å². The molecule has 3 aromatic heterocycles. The van der Waals surface area contributed by atoms with E-state index in [0.717, 1.165) is 16.8 Å². The Morgan fingerprint density at radius 1 is 1.42 bits per heavy atom. The van der Waals surface area contributed by atoms with Gasteiger partial charge in [-0.2, -0.15) is 5.10 Å². The predicted molar refractivity (Wildman–Crippen MR) is 88.4 cm³/mol. The molecule has 0 bridgehead atoms. The van der Waals surface area contributed by atoms with Gasteiger partial charge in [-0.05, 0) is 19.9 Å². The van der Waals surface area contributed by atoms with Crippen LogP contribution in [0.4, 0.5) is 0 Å². The van der Waals surface area contributed by atoms with Crippen LogP contribution in [0.2, 0.25) is 0 Å². The molecule has 0 radical (unpaired) electrons. The summed E-state index contributed by atoms with van der Waals surface area (Å²) in [6, 6.07) is 1.77. The zero-order chi connectivity index (χ0) is 17.3. The second-order valence-electron chi connectivity index (χ2n) is 5.71. The van der Waals surface area contributed by atoms with Crippen LogP contribution >= 0.6 is 0 Å². The van der Waals surface area contributed by atoms with E-state index in [2.05, 4.69) is 20.1 Å². The third-order valence-electron chi connectivity index (χ3n) is 3.88. The molecule has 0 aliphatic rings. The normalized spacial score (nSPS) is 11.2. The van der Waals surface area contributed by atoms with E-state index in [1.54, 1.807) is 28.0 Å². The number of amides is 1. The van der Waals surface area contributed by atoms with Crippen LogP contribution in [0.3, 0.4) is 0 Å². The third kappa shape index (κ3) is 2.88. The molecule has 0 aliphatic heterocycles. The molecular formula is C16H20N6O2. The smallest absolute Gasteiger partial charge is 0.255 e. The number of hydrogen-bond acceptors (Lipinski definition) is 5. The van der Waals surface area contributed by atoms with E-state index in [9.17, 15) is 9.90 Å². The van der Waals surface area contributed by atoms with E-state index in [1.165, 1.54) is 0 Å². The van der Waals surface area contributed by atoms with Crippen molar-refractivity contribution >= 4 is 16.9 Å². The zero-order valence-corrected chi connectivity index (χ0v) is 13.9. The SMILES string of the molecule is Cc1cc(C(=O)N(CCO)Cc2ncc[nH]2)c2c(C)nn(C)c2n1. The number of aromatic nitrogens is 5.